The predicted molar refractivity (Wildman–Crippen MR) is 10.7 cm³/mol. The molecule has 0 radical (unpaired) electrons. The first-order chi connectivity index (χ1) is 2.64. The second-order valence-electron chi connectivity index (χ2n) is 0.575. The van der Waals surface area contributed by atoms with Crippen LogP contribution in [0.2, 0.25) is 0 Å². The van der Waals surface area contributed by atoms with Crippen LogP contribution < -0.4 is 10.2 Å². The summed E-state index contributed by atoms with van der Waals surface area (Å²) in [5.74, 6) is -4.37. The SMILES string of the molecule is O=C([O-])C(=O)[O-].[Nb+5].[Nb+5].[O-2]. The molecule has 0 rings (SSSR count). The number of hydrogen-bond donors (Lipinski definition) is 0. The summed E-state index contributed by atoms with van der Waals surface area (Å²) in [7, 11) is 0. The fourth-order valence-electron chi connectivity index (χ4n) is 0. The van der Waals surface area contributed by atoms with Crippen LogP contribution in [0.4, 0.5) is 0 Å². The van der Waals surface area contributed by atoms with Gasteiger partial charge in [0, 0.05) is 0 Å². The minimum atomic E-state index is -2.19. The van der Waals surface area contributed by atoms with Crippen molar-refractivity contribution < 1.29 is 70.0 Å². The van der Waals surface area contributed by atoms with E-state index in [0.29, 0.717) is 0 Å². The molecule has 0 aliphatic carbocycles. The summed E-state index contributed by atoms with van der Waals surface area (Å²) in [6.07, 6.45) is 0. The van der Waals surface area contributed by atoms with Gasteiger partial charge in [0.25, 0.3) is 0 Å². The van der Waals surface area contributed by atoms with E-state index in [2.05, 4.69) is 0 Å². The monoisotopic (exact) mass is 290 g/mol. The van der Waals surface area contributed by atoms with Crippen LogP contribution in [0.15, 0.2) is 0 Å². The molecular weight excluding hydrogens is 290 g/mol. The van der Waals surface area contributed by atoms with Gasteiger partial charge in [-0.05, 0) is 0 Å². The molecule has 0 atom stereocenters. The van der Waals surface area contributed by atoms with Gasteiger partial charge in [0.15, 0.2) is 0 Å². The van der Waals surface area contributed by atoms with Crippen molar-refractivity contribution in [3.05, 3.63) is 0 Å². The molecule has 0 amide bonds. The molecule has 0 saturated heterocycles. The molecule has 0 fully saturated rings. The van der Waals surface area contributed by atoms with E-state index in [-0.39, 0.29) is 50.2 Å². The number of rotatable bonds is 0. The molecule has 0 saturated carbocycles. The van der Waals surface area contributed by atoms with E-state index in [1.807, 2.05) is 0 Å². The van der Waals surface area contributed by atoms with E-state index < -0.39 is 11.9 Å². The molecule has 9 heavy (non-hydrogen) atoms. The number of hydrogen-bond acceptors (Lipinski definition) is 4. The molecule has 0 aliphatic rings. The van der Waals surface area contributed by atoms with Crippen LogP contribution in [0, 0.1) is 0 Å². The van der Waals surface area contributed by atoms with Crippen molar-refractivity contribution in [2.75, 3.05) is 0 Å². The molecule has 0 unspecified atom stereocenters. The zero-order valence-corrected chi connectivity index (χ0v) is 8.33. The second kappa shape index (κ2) is 11.2. The maximum absolute atomic E-state index is 8.93. The molecule has 42 valence electrons. The van der Waals surface area contributed by atoms with Crippen LogP contribution in [0.25, 0.3) is 0 Å². The van der Waals surface area contributed by atoms with E-state index in [4.69, 9.17) is 19.8 Å². The van der Waals surface area contributed by atoms with Gasteiger partial charge < -0.3 is 25.3 Å². The largest absolute Gasteiger partial charge is 5.00 e. The molecule has 0 N–H and O–H groups in total. The van der Waals surface area contributed by atoms with Crippen LogP contribution in [-0.4, -0.2) is 11.9 Å². The van der Waals surface area contributed by atoms with Crippen molar-refractivity contribution in [2.24, 2.45) is 0 Å². The van der Waals surface area contributed by atoms with Crippen molar-refractivity contribution >= 4 is 11.9 Å². The maximum atomic E-state index is 8.93. The third kappa shape index (κ3) is 17.8. The molecule has 0 heterocycles. The molecule has 7 heteroatoms. The van der Waals surface area contributed by atoms with Gasteiger partial charge in [-0.25, -0.2) is 0 Å². The van der Waals surface area contributed by atoms with Crippen molar-refractivity contribution in [2.45, 2.75) is 0 Å². The summed E-state index contributed by atoms with van der Waals surface area (Å²) >= 11 is 0. The first kappa shape index (κ1) is 22.8. The first-order valence-corrected chi connectivity index (χ1v) is 1.07. The topological polar surface area (TPSA) is 109 Å². The van der Waals surface area contributed by atoms with E-state index in [9.17, 15) is 0 Å². The van der Waals surface area contributed by atoms with Crippen molar-refractivity contribution in [3.63, 3.8) is 0 Å². The Morgan fingerprint density at radius 3 is 1.00 bits per heavy atom. The third-order valence-electron chi connectivity index (χ3n) is 0.167. The fourth-order valence-corrected chi connectivity index (χ4v) is 0. The summed E-state index contributed by atoms with van der Waals surface area (Å²) in [6, 6.07) is 0. The Labute approximate surface area is 81.8 Å². The Morgan fingerprint density at radius 2 is 1.00 bits per heavy atom. The van der Waals surface area contributed by atoms with Crippen molar-refractivity contribution in [1.82, 2.24) is 0 Å². The van der Waals surface area contributed by atoms with Gasteiger partial charge in [0.2, 0.25) is 0 Å². The van der Waals surface area contributed by atoms with Gasteiger partial charge in [-0.1, -0.05) is 0 Å². The smallest absolute Gasteiger partial charge is 2.00 e. The van der Waals surface area contributed by atoms with Gasteiger partial charge in [-0.2, -0.15) is 0 Å². The van der Waals surface area contributed by atoms with E-state index in [1.165, 1.54) is 0 Å². The van der Waals surface area contributed by atoms with Crippen molar-refractivity contribution in [1.29, 1.82) is 0 Å². The minimum Gasteiger partial charge on any atom is -2.00 e. The molecule has 0 aromatic heterocycles. The molecule has 0 aromatic carbocycles. The average Bonchev–Trinajstić information content (AvgIpc) is 1.36. The van der Waals surface area contributed by atoms with Crippen LogP contribution in [-0.2, 0) is 59.8 Å². The maximum Gasteiger partial charge on any atom is 5.00 e. The fraction of sp³-hybridized carbons (Fsp3) is 0. The molecule has 0 spiro atoms. The minimum absolute atomic E-state index is 0. The zero-order valence-electron chi connectivity index (χ0n) is 3.94. The summed E-state index contributed by atoms with van der Waals surface area (Å²) in [4.78, 5) is 17.9. The quantitative estimate of drug-likeness (QED) is 0.338. The Hall–Kier alpha value is 0.381. The molecule has 5 nitrogen and oxygen atoms in total. The van der Waals surface area contributed by atoms with Gasteiger partial charge in [0.05, 0.1) is 11.9 Å². The Morgan fingerprint density at radius 1 is 0.889 bits per heavy atom. The van der Waals surface area contributed by atoms with Gasteiger partial charge in [-0.3, -0.25) is 0 Å². The molecule has 0 bridgehead atoms. The Balaban J connectivity index is -0.0000000417. The summed E-state index contributed by atoms with van der Waals surface area (Å²) in [5.41, 5.74) is 0. The summed E-state index contributed by atoms with van der Waals surface area (Å²) in [5, 5.41) is 17.9. The zero-order chi connectivity index (χ0) is 5.15. The van der Waals surface area contributed by atoms with Gasteiger partial charge >= 0.3 is 44.8 Å². The summed E-state index contributed by atoms with van der Waals surface area (Å²) in [6.45, 7) is 0. The standard InChI is InChI=1S/C2H2O4.2Nb.O/c3-1(4)2(5)6;;;/h(H,3,4)(H,5,6);;;/q;2*+5;-2/p-2. The molecular formula is C2Nb2O5+6. The number of carbonyl (C=O) groups excluding carboxylic acids is 2. The third-order valence-corrected chi connectivity index (χ3v) is 0.167. The van der Waals surface area contributed by atoms with Gasteiger partial charge in [0.1, 0.15) is 0 Å². The number of aliphatic carboxylic acids is 2. The number of carboxylic acid groups (broad SMARTS) is 2. The second-order valence-corrected chi connectivity index (χ2v) is 0.575. The van der Waals surface area contributed by atoms with Gasteiger partial charge in [-0.15, -0.1) is 0 Å². The van der Waals surface area contributed by atoms with Crippen LogP contribution in [0.1, 0.15) is 0 Å². The van der Waals surface area contributed by atoms with Crippen LogP contribution in [0.3, 0.4) is 0 Å². The predicted octanol–water partition coefficient (Wildman–Crippen LogP) is -3.64. The van der Waals surface area contributed by atoms with E-state index in [1.54, 1.807) is 0 Å². The van der Waals surface area contributed by atoms with Crippen molar-refractivity contribution in [3.8, 4) is 0 Å². The number of carbonyl (C=O) groups is 2. The average molecular weight is 290 g/mol. The van der Waals surface area contributed by atoms with E-state index in [0.717, 1.165) is 0 Å². The Bertz CT molecular complexity index is 79.0. The normalized spacial score (nSPS) is 4.89. The van der Waals surface area contributed by atoms with E-state index >= 15 is 0 Å². The summed E-state index contributed by atoms with van der Waals surface area (Å²) < 4.78 is 0. The molecule has 0 aromatic rings. The Kier molecular flexibility index (Phi) is 28.4. The van der Waals surface area contributed by atoms with Crippen LogP contribution in [0.5, 0.6) is 0 Å². The van der Waals surface area contributed by atoms with Crippen LogP contribution >= 0.6 is 0 Å². The molecule has 0 aliphatic heterocycles. The first-order valence-electron chi connectivity index (χ1n) is 1.07. The number of carboxylic acids is 2.